The number of benzene rings is 2. The SMILES string of the molecule is NC(=O)c1ccc(-c2cc(-c3cccnc3)nn2-c2ccc(Cl)c(Cl)c2)cc1. The van der Waals surface area contributed by atoms with E-state index in [4.69, 9.17) is 34.0 Å². The van der Waals surface area contributed by atoms with Gasteiger partial charge in [-0.3, -0.25) is 9.78 Å². The van der Waals surface area contributed by atoms with E-state index in [2.05, 4.69) is 4.98 Å². The third kappa shape index (κ3) is 3.50. The Balaban J connectivity index is 1.89. The van der Waals surface area contributed by atoms with Crippen LogP contribution >= 0.6 is 23.2 Å². The van der Waals surface area contributed by atoms with Crippen molar-refractivity contribution in [2.45, 2.75) is 0 Å². The molecule has 0 bridgehead atoms. The highest BCUT2D eigenvalue weighted by Crippen LogP contribution is 2.31. The molecule has 0 spiro atoms. The van der Waals surface area contributed by atoms with E-state index < -0.39 is 5.91 Å². The Kier molecular flexibility index (Phi) is 4.86. The summed E-state index contributed by atoms with van der Waals surface area (Å²) in [6.45, 7) is 0. The predicted molar refractivity (Wildman–Crippen MR) is 111 cm³/mol. The van der Waals surface area contributed by atoms with Crippen molar-refractivity contribution >= 4 is 29.1 Å². The molecule has 0 atom stereocenters. The van der Waals surface area contributed by atoms with E-state index in [1.165, 1.54) is 0 Å². The summed E-state index contributed by atoms with van der Waals surface area (Å²) < 4.78 is 1.78. The normalized spacial score (nSPS) is 10.8. The van der Waals surface area contributed by atoms with Crippen LogP contribution in [0.2, 0.25) is 10.0 Å². The highest BCUT2D eigenvalue weighted by Gasteiger charge is 2.14. The van der Waals surface area contributed by atoms with E-state index in [0.717, 1.165) is 28.2 Å². The molecule has 28 heavy (non-hydrogen) atoms. The molecule has 2 aromatic carbocycles. The van der Waals surface area contributed by atoms with Gasteiger partial charge in [-0.2, -0.15) is 5.10 Å². The Morgan fingerprint density at radius 2 is 1.71 bits per heavy atom. The third-order valence-electron chi connectivity index (χ3n) is 4.28. The van der Waals surface area contributed by atoms with Gasteiger partial charge >= 0.3 is 0 Å². The molecule has 0 aliphatic carbocycles. The number of amides is 1. The summed E-state index contributed by atoms with van der Waals surface area (Å²) in [5.74, 6) is -0.472. The van der Waals surface area contributed by atoms with Crippen LogP contribution in [0, 0.1) is 0 Å². The highest BCUT2D eigenvalue weighted by molar-refractivity contribution is 6.42. The number of primary amides is 1. The number of hydrogen-bond acceptors (Lipinski definition) is 3. The molecule has 7 heteroatoms. The first-order valence-electron chi connectivity index (χ1n) is 8.39. The lowest BCUT2D eigenvalue weighted by molar-refractivity contribution is 0.100. The number of nitrogens with zero attached hydrogens (tertiary/aromatic N) is 3. The topological polar surface area (TPSA) is 73.8 Å². The zero-order valence-electron chi connectivity index (χ0n) is 14.5. The summed E-state index contributed by atoms with van der Waals surface area (Å²) in [6, 6.07) is 18.1. The summed E-state index contributed by atoms with van der Waals surface area (Å²) >= 11 is 12.3. The standard InChI is InChI=1S/C21H14Cl2N4O/c22-17-8-7-16(10-18(17)23)27-20(13-3-5-14(6-4-13)21(24)28)11-19(26-27)15-2-1-9-25-12-15/h1-12H,(H2,24,28). The summed E-state index contributed by atoms with van der Waals surface area (Å²) in [7, 11) is 0. The first kappa shape index (κ1) is 18.2. The number of carbonyl (C=O) groups is 1. The molecule has 1 amide bonds. The van der Waals surface area contributed by atoms with Crippen LogP contribution in [-0.2, 0) is 0 Å². The molecule has 2 aromatic heterocycles. The lowest BCUT2D eigenvalue weighted by Crippen LogP contribution is -2.10. The Morgan fingerprint density at radius 3 is 2.36 bits per heavy atom. The number of pyridine rings is 1. The van der Waals surface area contributed by atoms with E-state index >= 15 is 0 Å². The highest BCUT2D eigenvalue weighted by atomic mass is 35.5. The fraction of sp³-hybridized carbons (Fsp3) is 0. The lowest BCUT2D eigenvalue weighted by atomic mass is 10.1. The van der Waals surface area contributed by atoms with E-state index in [1.807, 2.05) is 36.4 Å². The molecule has 0 saturated carbocycles. The lowest BCUT2D eigenvalue weighted by Gasteiger charge is -2.09. The molecule has 0 unspecified atom stereocenters. The molecule has 0 fully saturated rings. The van der Waals surface area contributed by atoms with Crippen LogP contribution in [0.1, 0.15) is 10.4 Å². The van der Waals surface area contributed by atoms with Crippen LogP contribution in [0.15, 0.2) is 73.1 Å². The molecule has 0 aliphatic heterocycles. The first-order valence-corrected chi connectivity index (χ1v) is 9.14. The number of halogens is 2. The molecule has 2 heterocycles. The van der Waals surface area contributed by atoms with Crippen molar-refractivity contribution in [3.05, 3.63) is 88.7 Å². The van der Waals surface area contributed by atoms with Crippen molar-refractivity contribution < 1.29 is 4.79 Å². The van der Waals surface area contributed by atoms with Gasteiger partial charge in [0, 0.05) is 29.1 Å². The van der Waals surface area contributed by atoms with Crippen molar-refractivity contribution in [3.63, 3.8) is 0 Å². The third-order valence-corrected chi connectivity index (χ3v) is 5.02. The van der Waals surface area contributed by atoms with Crippen molar-refractivity contribution in [3.8, 4) is 28.2 Å². The van der Waals surface area contributed by atoms with Gasteiger partial charge in [0.1, 0.15) is 0 Å². The van der Waals surface area contributed by atoms with Crippen LogP contribution in [0.5, 0.6) is 0 Å². The van der Waals surface area contributed by atoms with Gasteiger partial charge < -0.3 is 5.73 Å². The zero-order valence-corrected chi connectivity index (χ0v) is 16.0. The van der Waals surface area contributed by atoms with Crippen LogP contribution in [0.4, 0.5) is 0 Å². The molecule has 4 aromatic rings. The van der Waals surface area contributed by atoms with Crippen molar-refractivity contribution in [2.24, 2.45) is 5.73 Å². The van der Waals surface area contributed by atoms with Gasteiger partial charge in [-0.15, -0.1) is 0 Å². The molecular weight excluding hydrogens is 395 g/mol. The number of carbonyl (C=O) groups excluding carboxylic acids is 1. The second-order valence-electron chi connectivity index (χ2n) is 6.11. The maximum absolute atomic E-state index is 11.4. The molecule has 2 N–H and O–H groups in total. The van der Waals surface area contributed by atoms with E-state index in [-0.39, 0.29) is 0 Å². The number of aromatic nitrogens is 3. The van der Waals surface area contributed by atoms with Crippen LogP contribution in [0.3, 0.4) is 0 Å². The average Bonchev–Trinajstić information content (AvgIpc) is 3.16. The van der Waals surface area contributed by atoms with Gasteiger partial charge in [-0.1, -0.05) is 35.3 Å². The maximum Gasteiger partial charge on any atom is 0.248 e. The minimum atomic E-state index is -0.472. The Morgan fingerprint density at radius 1 is 0.929 bits per heavy atom. The van der Waals surface area contributed by atoms with E-state index in [0.29, 0.717) is 15.6 Å². The molecule has 0 saturated heterocycles. The molecule has 4 rings (SSSR count). The largest absolute Gasteiger partial charge is 0.366 e. The van der Waals surface area contributed by atoms with Gasteiger partial charge in [-0.05, 0) is 48.5 Å². The minimum absolute atomic E-state index is 0.438. The van der Waals surface area contributed by atoms with Gasteiger partial charge in [0.05, 0.1) is 27.1 Å². The smallest absolute Gasteiger partial charge is 0.248 e. The predicted octanol–water partition coefficient (Wildman–Crippen LogP) is 5.01. The van der Waals surface area contributed by atoms with Crippen LogP contribution in [0.25, 0.3) is 28.2 Å². The minimum Gasteiger partial charge on any atom is -0.366 e. The van der Waals surface area contributed by atoms with Crippen molar-refractivity contribution in [1.82, 2.24) is 14.8 Å². The quantitative estimate of drug-likeness (QED) is 0.515. The number of hydrogen-bond donors (Lipinski definition) is 1. The fourth-order valence-corrected chi connectivity index (χ4v) is 3.15. The second kappa shape index (κ2) is 7.46. The fourth-order valence-electron chi connectivity index (χ4n) is 2.86. The molecule has 0 aliphatic rings. The van der Waals surface area contributed by atoms with Crippen LogP contribution < -0.4 is 5.73 Å². The summed E-state index contributed by atoms with van der Waals surface area (Å²) in [4.78, 5) is 15.5. The Hall–Kier alpha value is -3.15. The summed E-state index contributed by atoms with van der Waals surface area (Å²) in [5.41, 5.74) is 9.89. The van der Waals surface area contributed by atoms with Gasteiger partial charge in [0.15, 0.2) is 0 Å². The molecular formula is C21H14Cl2N4O. The Bertz CT molecular complexity index is 1160. The maximum atomic E-state index is 11.4. The van der Waals surface area contributed by atoms with Gasteiger partial charge in [-0.25, -0.2) is 4.68 Å². The second-order valence-corrected chi connectivity index (χ2v) is 6.92. The monoisotopic (exact) mass is 408 g/mol. The summed E-state index contributed by atoms with van der Waals surface area (Å²) in [5, 5.41) is 5.65. The van der Waals surface area contributed by atoms with Crippen molar-refractivity contribution in [2.75, 3.05) is 0 Å². The Labute approximate surface area is 171 Å². The van der Waals surface area contributed by atoms with E-state index in [1.54, 1.807) is 41.3 Å². The molecule has 138 valence electrons. The first-order chi connectivity index (χ1) is 13.5. The van der Waals surface area contributed by atoms with Gasteiger partial charge in [0.25, 0.3) is 0 Å². The summed E-state index contributed by atoms with van der Waals surface area (Å²) in [6.07, 6.45) is 3.46. The number of rotatable bonds is 4. The average molecular weight is 409 g/mol. The van der Waals surface area contributed by atoms with Gasteiger partial charge in [0.2, 0.25) is 5.91 Å². The van der Waals surface area contributed by atoms with Crippen molar-refractivity contribution in [1.29, 1.82) is 0 Å². The molecule has 5 nitrogen and oxygen atoms in total. The van der Waals surface area contributed by atoms with Crippen LogP contribution in [-0.4, -0.2) is 20.7 Å². The number of nitrogens with two attached hydrogens (primary N) is 1. The zero-order chi connectivity index (χ0) is 19.7. The molecule has 0 radical (unpaired) electrons. The van der Waals surface area contributed by atoms with E-state index in [9.17, 15) is 4.79 Å².